The molecule has 2 aromatic rings. The second kappa shape index (κ2) is 7.86. The lowest BCUT2D eigenvalue weighted by Gasteiger charge is -2.29. The number of hydrogen-bond acceptors (Lipinski definition) is 7. The molecule has 29 heavy (non-hydrogen) atoms. The van der Waals surface area contributed by atoms with Crippen LogP contribution in [-0.2, 0) is 21.2 Å². The van der Waals surface area contributed by atoms with Crippen LogP contribution < -0.4 is 14.8 Å². The fourth-order valence-corrected chi connectivity index (χ4v) is 4.20. The van der Waals surface area contributed by atoms with Crippen LogP contribution in [0.4, 0.5) is 5.69 Å². The van der Waals surface area contributed by atoms with Crippen molar-refractivity contribution in [3.63, 3.8) is 0 Å². The van der Waals surface area contributed by atoms with E-state index in [0.29, 0.717) is 23.4 Å². The standard InChI is InChI=1S/C19H23N3O6S/c1-5-6-12-8-14(21-28-12)18(23)22-29(25,26)16-9-15-13(7-11(16)4)20-19(24)17(27-15)10(2)3/h7-10,17H,5-6H2,1-4H3,(H,20,24)(H,22,23). The lowest BCUT2D eigenvalue weighted by atomic mass is 10.0. The highest BCUT2D eigenvalue weighted by Gasteiger charge is 2.32. The van der Waals surface area contributed by atoms with E-state index in [1.165, 1.54) is 18.2 Å². The van der Waals surface area contributed by atoms with Gasteiger partial charge in [-0.15, -0.1) is 0 Å². The number of fused-ring (bicyclic) bond motifs is 1. The predicted octanol–water partition coefficient (Wildman–Crippen LogP) is 2.41. The summed E-state index contributed by atoms with van der Waals surface area (Å²) in [5.74, 6) is -0.543. The summed E-state index contributed by atoms with van der Waals surface area (Å²) < 4.78 is 38.3. The van der Waals surface area contributed by atoms with Gasteiger partial charge in [0, 0.05) is 18.6 Å². The van der Waals surface area contributed by atoms with Gasteiger partial charge in [0.2, 0.25) is 0 Å². The summed E-state index contributed by atoms with van der Waals surface area (Å²) in [6.07, 6.45) is 0.663. The molecule has 0 aliphatic carbocycles. The van der Waals surface area contributed by atoms with Gasteiger partial charge in [0.1, 0.15) is 11.5 Å². The van der Waals surface area contributed by atoms with Gasteiger partial charge in [-0.3, -0.25) is 9.59 Å². The van der Waals surface area contributed by atoms with Crippen LogP contribution in [0.15, 0.2) is 27.6 Å². The number of aryl methyl sites for hydroxylation is 2. The summed E-state index contributed by atoms with van der Waals surface area (Å²) in [6, 6.07) is 4.22. The summed E-state index contributed by atoms with van der Waals surface area (Å²) >= 11 is 0. The van der Waals surface area contributed by atoms with Gasteiger partial charge in [-0.1, -0.05) is 25.9 Å². The zero-order chi connectivity index (χ0) is 21.3. The second-order valence-corrected chi connectivity index (χ2v) is 8.90. The summed E-state index contributed by atoms with van der Waals surface area (Å²) in [5, 5.41) is 6.34. The number of nitrogens with zero attached hydrogens (tertiary/aromatic N) is 1. The summed E-state index contributed by atoms with van der Waals surface area (Å²) in [7, 11) is -4.20. The maximum absolute atomic E-state index is 12.8. The van der Waals surface area contributed by atoms with Gasteiger partial charge in [-0.25, -0.2) is 13.1 Å². The van der Waals surface area contributed by atoms with Crippen molar-refractivity contribution in [3.8, 4) is 5.75 Å². The molecule has 0 spiro atoms. The number of carbonyl (C=O) groups excluding carboxylic acids is 2. The van der Waals surface area contributed by atoms with Crippen molar-refractivity contribution in [1.29, 1.82) is 0 Å². The van der Waals surface area contributed by atoms with E-state index >= 15 is 0 Å². The van der Waals surface area contributed by atoms with Crippen LogP contribution in [0.5, 0.6) is 5.75 Å². The van der Waals surface area contributed by atoms with Crippen LogP contribution in [0, 0.1) is 12.8 Å². The van der Waals surface area contributed by atoms with Crippen molar-refractivity contribution < 1.29 is 27.3 Å². The molecule has 10 heteroatoms. The summed E-state index contributed by atoms with van der Waals surface area (Å²) in [4.78, 5) is 24.3. The van der Waals surface area contributed by atoms with E-state index < -0.39 is 22.0 Å². The Labute approximate surface area is 168 Å². The Hall–Kier alpha value is -2.88. The molecule has 156 valence electrons. The van der Waals surface area contributed by atoms with Crippen LogP contribution in [0.1, 0.15) is 49.0 Å². The Morgan fingerprint density at radius 3 is 2.69 bits per heavy atom. The number of anilines is 1. The number of benzene rings is 1. The highest BCUT2D eigenvalue weighted by Crippen LogP contribution is 2.35. The molecule has 1 atom stereocenters. The lowest BCUT2D eigenvalue weighted by Crippen LogP contribution is -2.40. The Morgan fingerprint density at radius 2 is 2.03 bits per heavy atom. The van der Waals surface area contributed by atoms with Crippen LogP contribution in [0.25, 0.3) is 0 Å². The fourth-order valence-electron chi connectivity index (χ4n) is 3.00. The van der Waals surface area contributed by atoms with E-state index in [9.17, 15) is 18.0 Å². The molecule has 0 saturated heterocycles. The molecule has 0 radical (unpaired) electrons. The molecule has 3 rings (SSSR count). The molecule has 2 N–H and O–H groups in total. The first-order valence-electron chi connectivity index (χ1n) is 9.27. The molecule has 9 nitrogen and oxygen atoms in total. The quantitative estimate of drug-likeness (QED) is 0.733. The van der Waals surface area contributed by atoms with Gasteiger partial charge in [-0.05, 0) is 30.9 Å². The zero-order valence-electron chi connectivity index (χ0n) is 16.6. The summed E-state index contributed by atoms with van der Waals surface area (Å²) in [5.41, 5.74) is 0.620. The van der Waals surface area contributed by atoms with Gasteiger partial charge in [0.05, 0.1) is 10.6 Å². The van der Waals surface area contributed by atoms with Gasteiger partial charge in [0.15, 0.2) is 11.8 Å². The minimum absolute atomic E-state index is 0.103. The van der Waals surface area contributed by atoms with E-state index in [1.807, 2.05) is 25.5 Å². The second-order valence-electron chi connectivity index (χ2n) is 7.25. The van der Waals surface area contributed by atoms with Gasteiger partial charge < -0.3 is 14.6 Å². The fraction of sp³-hybridized carbons (Fsp3) is 0.421. The molecular formula is C19H23N3O6S. The van der Waals surface area contributed by atoms with Crippen molar-refractivity contribution in [2.45, 2.75) is 51.5 Å². The highest BCUT2D eigenvalue weighted by atomic mass is 32.2. The molecule has 0 saturated carbocycles. The van der Waals surface area contributed by atoms with Crippen LogP contribution >= 0.6 is 0 Å². The number of carbonyl (C=O) groups is 2. The molecular weight excluding hydrogens is 398 g/mol. The molecule has 2 amide bonds. The number of ether oxygens (including phenoxy) is 1. The SMILES string of the molecule is CCCc1cc(C(=O)NS(=O)(=O)c2cc3c(cc2C)NC(=O)C(C(C)C)O3)no1. The molecule has 0 fully saturated rings. The van der Waals surface area contributed by atoms with E-state index in [0.717, 1.165) is 6.42 Å². The van der Waals surface area contributed by atoms with E-state index in [2.05, 4.69) is 10.5 Å². The van der Waals surface area contributed by atoms with Crippen molar-refractivity contribution in [1.82, 2.24) is 9.88 Å². The molecule has 1 aromatic heterocycles. The number of aromatic nitrogens is 1. The third-order valence-corrected chi connectivity index (χ3v) is 5.93. The van der Waals surface area contributed by atoms with Crippen molar-refractivity contribution in [2.75, 3.05) is 5.32 Å². The van der Waals surface area contributed by atoms with Crippen LogP contribution in [0.3, 0.4) is 0 Å². The molecule has 1 aliphatic rings. The Bertz CT molecular complexity index is 1060. The Balaban J connectivity index is 1.88. The van der Waals surface area contributed by atoms with E-state index in [4.69, 9.17) is 9.26 Å². The first kappa shape index (κ1) is 20.8. The first-order chi connectivity index (χ1) is 13.6. The molecule has 1 aliphatic heterocycles. The average molecular weight is 421 g/mol. The maximum Gasteiger partial charge on any atom is 0.287 e. The third-order valence-electron chi connectivity index (χ3n) is 4.46. The summed E-state index contributed by atoms with van der Waals surface area (Å²) in [6.45, 7) is 7.16. The lowest BCUT2D eigenvalue weighted by molar-refractivity contribution is -0.125. The van der Waals surface area contributed by atoms with Gasteiger partial charge in [0.25, 0.3) is 21.8 Å². The minimum atomic E-state index is -4.20. The number of nitrogens with one attached hydrogen (secondary N) is 2. The van der Waals surface area contributed by atoms with E-state index in [1.54, 1.807) is 6.92 Å². The monoisotopic (exact) mass is 421 g/mol. The first-order valence-corrected chi connectivity index (χ1v) is 10.8. The number of hydrogen-bond donors (Lipinski definition) is 2. The Kier molecular flexibility index (Phi) is 5.65. The molecule has 1 unspecified atom stereocenters. The van der Waals surface area contributed by atoms with Crippen LogP contribution in [-0.4, -0.2) is 31.5 Å². The number of sulfonamides is 1. The highest BCUT2D eigenvalue weighted by molar-refractivity contribution is 7.90. The third kappa shape index (κ3) is 4.26. The minimum Gasteiger partial charge on any atom is -0.478 e. The van der Waals surface area contributed by atoms with Crippen LogP contribution in [0.2, 0.25) is 0 Å². The van der Waals surface area contributed by atoms with Gasteiger partial charge >= 0.3 is 0 Å². The molecule has 0 bridgehead atoms. The van der Waals surface area contributed by atoms with E-state index in [-0.39, 0.29) is 28.2 Å². The largest absolute Gasteiger partial charge is 0.478 e. The number of amides is 2. The topological polar surface area (TPSA) is 128 Å². The normalized spacial score (nSPS) is 16.2. The molecule has 2 heterocycles. The number of rotatable bonds is 6. The predicted molar refractivity (Wildman–Crippen MR) is 104 cm³/mol. The zero-order valence-corrected chi connectivity index (χ0v) is 17.4. The van der Waals surface area contributed by atoms with Gasteiger partial charge in [-0.2, -0.15) is 0 Å². The average Bonchev–Trinajstić information content (AvgIpc) is 3.09. The Morgan fingerprint density at radius 1 is 1.31 bits per heavy atom. The maximum atomic E-state index is 12.8. The van der Waals surface area contributed by atoms with Crippen molar-refractivity contribution in [2.24, 2.45) is 5.92 Å². The van der Waals surface area contributed by atoms with Crippen molar-refractivity contribution >= 4 is 27.5 Å². The molecule has 1 aromatic carbocycles. The van der Waals surface area contributed by atoms with Crippen molar-refractivity contribution in [3.05, 3.63) is 35.2 Å². The smallest absolute Gasteiger partial charge is 0.287 e.